The van der Waals surface area contributed by atoms with Crippen molar-refractivity contribution in [2.24, 2.45) is 0 Å². The van der Waals surface area contributed by atoms with Crippen LogP contribution in [-0.4, -0.2) is 26.4 Å². The minimum Gasteiger partial charge on any atom is -0.462 e. The van der Waals surface area contributed by atoms with E-state index in [2.05, 4.69) is 5.32 Å². The number of nitrogens with one attached hydrogen (secondary N) is 1. The average Bonchev–Trinajstić information content (AvgIpc) is 2.66. The molecule has 1 rings (SSSR count). The maximum Gasteiger partial charge on any atom is 0.129 e. The third-order valence-electron chi connectivity index (χ3n) is 2.41. The summed E-state index contributed by atoms with van der Waals surface area (Å²) in [5.74, 6) is 1.77. The highest BCUT2D eigenvalue weighted by Crippen LogP contribution is 2.09. The maximum absolute atomic E-state index is 5.54. The minimum absolute atomic E-state index is 0.151. The monoisotopic (exact) mass is 227 g/mol. The van der Waals surface area contributed by atoms with E-state index < -0.39 is 0 Å². The van der Waals surface area contributed by atoms with Gasteiger partial charge in [-0.1, -0.05) is 0 Å². The first-order valence-electron chi connectivity index (χ1n) is 5.40. The van der Waals surface area contributed by atoms with Crippen LogP contribution < -0.4 is 5.32 Å². The molecule has 0 aromatic carbocycles. The molecule has 1 heterocycles. The van der Waals surface area contributed by atoms with E-state index in [1.54, 1.807) is 14.2 Å². The quantitative estimate of drug-likeness (QED) is 0.773. The first-order chi connectivity index (χ1) is 7.57. The zero-order valence-electron chi connectivity index (χ0n) is 10.5. The Hall–Kier alpha value is -0.840. The van der Waals surface area contributed by atoms with Gasteiger partial charge in [0.25, 0.3) is 0 Å². The lowest BCUT2D eigenvalue weighted by molar-refractivity contribution is 0.0227. The Labute approximate surface area is 96.9 Å². The lowest BCUT2D eigenvalue weighted by Crippen LogP contribution is -2.36. The van der Waals surface area contributed by atoms with Gasteiger partial charge >= 0.3 is 0 Å². The molecule has 4 nitrogen and oxygen atoms in total. The van der Waals surface area contributed by atoms with Crippen LogP contribution in [0.4, 0.5) is 0 Å². The number of methoxy groups -OCH3 is 2. The fourth-order valence-corrected chi connectivity index (χ4v) is 1.30. The topological polar surface area (TPSA) is 43.6 Å². The summed E-state index contributed by atoms with van der Waals surface area (Å²) in [5, 5.41) is 3.29. The molecule has 0 saturated heterocycles. The summed E-state index contributed by atoms with van der Waals surface area (Å²) in [6, 6.07) is 3.89. The first kappa shape index (κ1) is 13.2. The Morgan fingerprint density at radius 2 is 1.94 bits per heavy atom. The third kappa shape index (κ3) is 4.35. The van der Waals surface area contributed by atoms with Crippen LogP contribution in [0.3, 0.4) is 0 Å². The Kier molecular flexibility index (Phi) is 4.99. The van der Waals surface area contributed by atoms with E-state index in [4.69, 9.17) is 13.9 Å². The highest BCUT2D eigenvalue weighted by atomic mass is 16.5. The molecule has 0 aliphatic rings. The SMILES string of the molecule is COCc1ccc(CNCC(C)(C)OC)o1. The second-order valence-corrected chi connectivity index (χ2v) is 4.37. The molecule has 0 aliphatic carbocycles. The van der Waals surface area contributed by atoms with Gasteiger partial charge in [0.15, 0.2) is 0 Å². The van der Waals surface area contributed by atoms with Crippen LogP contribution in [-0.2, 0) is 22.6 Å². The molecule has 0 fully saturated rings. The molecule has 1 aromatic rings. The summed E-state index contributed by atoms with van der Waals surface area (Å²) >= 11 is 0. The Morgan fingerprint density at radius 3 is 2.56 bits per heavy atom. The summed E-state index contributed by atoms with van der Waals surface area (Å²) in [7, 11) is 3.37. The van der Waals surface area contributed by atoms with Gasteiger partial charge in [0.1, 0.15) is 18.1 Å². The summed E-state index contributed by atoms with van der Waals surface area (Å²) in [4.78, 5) is 0. The van der Waals surface area contributed by atoms with Crippen molar-refractivity contribution in [1.29, 1.82) is 0 Å². The molecule has 1 aromatic heterocycles. The number of hydrogen-bond acceptors (Lipinski definition) is 4. The van der Waals surface area contributed by atoms with Crippen molar-refractivity contribution < 1.29 is 13.9 Å². The number of hydrogen-bond donors (Lipinski definition) is 1. The van der Waals surface area contributed by atoms with Gasteiger partial charge in [-0.3, -0.25) is 0 Å². The highest BCUT2D eigenvalue weighted by molar-refractivity contribution is 5.06. The van der Waals surface area contributed by atoms with Crippen LogP contribution in [0.5, 0.6) is 0 Å². The van der Waals surface area contributed by atoms with E-state index in [1.165, 1.54) is 0 Å². The Morgan fingerprint density at radius 1 is 1.25 bits per heavy atom. The van der Waals surface area contributed by atoms with Crippen LogP contribution in [0.2, 0.25) is 0 Å². The standard InChI is InChI=1S/C12H21NO3/c1-12(2,15-4)9-13-7-10-5-6-11(16-10)8-14-3/h5-6,13H,7-9H2,1-4H3. The first-order valence-corrected chi connectivity index (χ1v) is 5.40. The summed E-state index contributed by atoms with van der Waals surface area (Å²) in [5.41, 5.74) is -0.151. The van der Waals surface area contributed by atoms with E-state index in [0.717, 1.165) is 18.1 Å². The van der Waals surface area contributed by atoms with Gasteiger partial charge < -0.3 is 19.2 Å². The van der Waals surface area contributed by atoms with Crippen LogP contribution in [0.25, 0.3) is 0 Å². The average molecular weight is 227 g/mol. The zero-order valence-corrected chi connectivity index (χ0v) is 10.5. The number of rotatable bonds is 7. The van der Waals surface area contributed by atoms with Gasteiger partial charge in [-0.2, -0.15) is 0 Å². The largest absolute Gasteiger partial charge is 0.462 e. The van der Waals surface area contributed by atoms with Crippen molar-refractivity contribution in [3.05, 3.63) is 23.7 Å². The summed E-state index contributed by atoms with van der Waals surface area (Å²) in [6.07, 6.45) is 0. The molecule has 0 radical (unpaired) electrons. The fraction of sp³-hybridized carbons (Fsp3) is 0.667. The van der Waals surface area contributed by atoms with E-state index in [1.807, 2.05) is 26.0 Å². The van der Waals surface area contributed by atoms with E-state index in [0.29, 0.717) is 13.2 Å². The molecule has 0 bridgehead atoms. The van der Waals surface area contributed by atoms with Crippen LogP contribution in [0.15, 0.2) is 16.5 Å². The zero-order chi connectivity index (χ0) is 12.0. The van der Waals surface area contributed by atoms with Crippen molar-refractivity contribution in [3.8, 4) is 0 Å². The summed E-state index contributed by atoms with van der Waals surface area (Å²) in [6.45, 7) is 6.08. The minimum atomic E-state index is -0.151. The normalized spacial score (nSPS) is 12.0. The smallest absolute Gasteiger partial charge is 0.129 e. The lowest BCUT2D eigenvalue weighted by Gasteiger charge is -2.22. The van der Waals surface area contributed by atoms with Crippen molar-refractivity contribution in [2.75, 3.05) is 20.8 Å². The molecular weight excluding hydrogens is 206 g/mol. The molecule has 0 unspecified atom stereocenters. The van der Waals surface area contributed by atoms with Crippen molar-refractivity contribution in [1.82, 2.24) is 5.32 Å². The number of ether oxygens (including phenoxy) is 2. The fourth-order valence-electron chi connectivity index (χ4n) is 1.30. The molecule has 16 heavy (non-hydrogen) atoms. The van der Waals surface area contributed by atoms with Gasteiger partial charge in [0, 0.05) is 20.8 Å². The second-order valence-electron chi connectivity index (χ2n) is 4.37. The predicted octanol–water partition coefficient (Wildman–Crippen LogP) is 1.94. The van der Waals surface area contributed by atoms with Gasteiger partial charge in [-0.15, -0.1) is 0 Å². The molecule has 1 N–H and O–H groups in total. The summed E-state index contributed by atoms with van der Waals surface area (Å²) < 4.78 is 15.8. The molecule has 0 atom stereocenters. The lowest BCUT2D eigenvalue weighted by atomic mass is 10.1. The van der Waals surface area contributed by atoms with E-state index in [-0.39, 0.29) is 5.60 Å². The van der Waals surface area contributed by atoms with Crippen molar-refractivity contribution >= 4 is 0 Å². The van der Waals surface area contributed by atoms with Crippen molar-refractivity contribution in [3.63, 3.8) is 0 Å². The second kappa shape index (κ2) is 6.03. The van der Waals surface area contributed by atoms with Crippen LogP contribution in [0, 0.1) is 0 Å². The molecular formula is C12H21NO3. The molecule has 0 spiro atoms. The maximum atomic E-state index is 5.54. The van der Waals surface area contributed by atoms with Gasteiger partial charge in [-0.25, -0.2) is 0 Å². The predicted molar refractivity (Wildman–Crippen MR) is 62.2 cm³/mol. The molecule has 0 amide bonds. The molecule has 4 heteroatoms. The Bertz CT molecular complexity index is 307. The van der Waals surface area contributed by atoms with Crippen LogP contribution in [0.1, 0.15) is 25.4 Å². The van der Waals surface area contributed by atoms with E-state index >= 15 is 0 Å². The number of furan rings is 1. The molecule has 92 valence electrons. The van der Waals surface area contributed by atoms with E-state index in [9.17, 15) is 0 Å². The van der Waals surface area contributed by atoms with Crippen LogP contribution >= 0.6 is 0 Å². The molecule has 0 aliphatic heterocycles. The Balaban J connectivity index is 2.31. The third-order valence-corrected chi connectivity index (χ3v) is 2.41. The molecule has 0 saturated carbocycles. The van der Waals surface area contributed by atoms with Gasteiger partial charge in [-0.05, 0) is 26.0 Å². The highest BCUT2D eigenvalue weighted by Gasteiger charge is 2.15. The van der Waals surface area contributed by atoms with Gasteiger partial charge in [0.2, 0.25) is 0 Å². The van der Waals surface area contributed by atoms with Gasteiger partial charge in [0.05, 0.1) is 12.1 Å². The van der Waals surface area contributed by atoms with Crippen molar-refractivity contribution in [2.45, 2.75) is 32.6 Å².